The highest BCUT2D eigenvalue weighted by molar-refractivity contribution is 5.92. The van der Waals surface area contributed by atoms with Crippen molar-refractivity contribution < 1.29 is 24.7 Å². The Kier molecular flexibility index (Phi) is 6.51. The zero-order valence-electron chi connectivity index (χ0n) is 18.8. The van der Waals surface area contributed by atoms with Crippen molar-refractivity contribution in [2.75, 3.05) is 7.11 Å². The number of pyridine rings is 1. The molecule has 4 N–H and O–H groups in total. The Balaban J connectivity index is 1.85. The number of methoxy groups -OCH3 is 1. The fourth-order valence-electron chi connectivity index (χ4n) is 4.21. The molecule has 34 heavy (non-hydrogen) atoms. The summed E-state index contributed by atoms with van der Waals surface area (Å²) in [6.07, 6.45) is 0.640. The lowest BCUT2D eigenvalue weighted by Crippen LogP contribution is -2.99. The second-order valence-corrected chi connectivity index (χ2v) is 7.99. The van der Waals surface area contributed by atoms with Gasteiger partial charge in [0.1, 0.15) is 11.3 Å². The van der Waals surface area contributed by atoms with Gasteiger partial charge in [-0.05, 0) is 24.5 Å². The summed E-state index contributed by atoms with van der Waals surface area (Å²) in [5.74, 6) is -1.51. The first-order valence-corrected chi connectivity index (χ1v) is 10.7. The predicted octanol–water partition coefficient (Wildman–Crippen LogP) is 1.67. The summed E-state index contributed by atoms with van der Waals surface area (Å²) in [5.41, 5.74) is 8.41. The summed E-state index contributed by atoms with van der Waals surface area (Å²) >= 11 is 0. The lowest BCUT2D eigenvalue weighted by molar-refractivity contribution is -0.991. The van der Waals surface area contributed by atoms with Crippen LogP contribution in [0, 0.1) is 12.1 Å². The van der Waals surface area contributed by atoms with Crippen molar-refractivity contribution in [3.8, 4) is 5.75 Å². The topological polar surface area (TPSA) is 131 Å². The van der Waals surface area contributed by atoms with Gasteiger partial charge in [0.25, 0.3) is 5.56 Å². The highest BCUT2D eigenvalue weighted by Crippen LogP contribution is 2.41. The van der Waals surface area contributed by atoms with E-state index in [4.69, 9.17) is 15.2 Å². The number of nitrogens with one attached hydrogen (secondary N) is 1. The number of hydrogen-bond acceptors (Lipinski definition) is 7. The van der Waals surface area contributed by atoms with E-state index in [1.165, 1.54) is 19.2 Å². The number of quaternary nitrogens is 1. The molecule has 0 amide bonds. The van der Waals surface area contributed by atoms with E-state index in [0.29, 0.717) is 24.2 Å². The van der Waals surface area contributed by atoms with Crippen LogP contribution in [0.5, 0.6) is 5.75 Å². The van der Waals surface area contributed by atoms with Crippen molar-refractivity contribution in [3.63, 3.8) is 0 Å². The SMILES string of the molecule is COC(=O)C1=C(N)Oc2cc(C)n(CCc3ccccc3)c(=O)c2[C@@H]1c1ccc([NH+]([O-])O)cc1. The van der Waals surface area contributed by atoms with Gasteiger partial charge >= 0.3 is 5.97 Å². The molecule has 0 spiro atoms. The first-order valence-electron chi connectivity index (χ1n) is 10.7. The zero-order chi connectivity index (χ0) is 24.4. The Morgan fingerprint density at radius 2 is 1.88 bits per heavy atom. The summed E-state index contributed by atoms with van der Waals surface area (Å²) in [6.45, 7) is 2.24. The van der Waals surface area contributed by atoms with E-state index in [-0.39, 0.29) is 34.0 Å². The molecule has 0 saturated carbocycles. The fraction of sp³-hybridized carbons (Fsp3) is 0.200. The molecular weight excluding hydrogens is 438 g/mol. The molecular formula is C25H25N3O6. The van der Waals surface area contributed by atoms with E-state index in [2.05, 4.69) is 0 Å². The van der Waals surface area contributed by atoms with Crippen LogP contribution < -0.4 is 21.3 Å². The van der Waals surface area contributed by atoms with Crippen molar-refractivity contribution >= 4 is 11.7 Å². The molecule has 1 unspecified atom stereocenters. The Morgan fingerprint density at radius 3 is 2.50 bits per heavy atom. The molecule has 0 radical (unpaired) electrons. The summed E-state index contributed by atoms with van der Waals surface area (Å²) in [6, 6.07) is 17.5. The highest BCUT2D eigenvalue weighted by Gasteiger charge is 2.38. The Hall–Kier alpha value is -3.92. The summed E-state index contributed by atoms with van der Waals surface area (Å²) < 4.78 is 12.3. The summed E-state index contributed by atoms with van der Waals surface area (Å²) in [4.78, 5) is 26.4. The quantitative estimate of drug-likeness (QED) is 0.374. The average molecular weight is 463 g/mol. The first kappa shape index (κ1) is 23.2. The third kappa shape index (κ3) is 4.32. The van der Waals surface area contributed by atoms with Gasteiger partial charge in [-0.15, -0.1) is 0 Å². The molecule has 9 heteroatoms. The number of rotatable bonds is 6. The number of carbonyl (C=O) groups is 1. The van der Waals surface area contributed by atoms with Crippen LogP contribution in [-0.2, 0) is 22.5 Å². The lowest BCUT2D eigenvalue weighted by atomic mass is 9.83. The number of ether oxygens (including phenoxy) is 2. The Morgan fingerprint density at radius 1 is 1.21 bits per heavy atom. The van der Waals surface area contributed by atoms with E-state index in [1.807, 2.05) is 37.3 Å². The van der Waals surface area contributed by atoms with E-state index in [9.17, 15) is 20.0 Å². The molecule has 0 aliphatic carbocycles. The number of carbonyl (C=O) groups excluding carboxylic acids is 1. The number of esters is 1. The van der Waals surface area contributed by atoms with Crippen LogP contribution in [0.15, 0.2) is 76.9 Å². The third-order valence-electron chi connectivity index (χ3n) is 5.93. The van der Waals surface area contributed by atoms with Gasteiger partial charge in [-0.3, -0.25) is 4.79 Å². The maximum Gasteiger partial charge on any atom is 0.340 e. The van der Waals surface area contributed by atoms with E-state index in [0.717, 1.165) is 5.56 Å². The van der Waals surface area contributed by atoms with Crippen LogP contribution in [-0.4, -0.2) is 22.9 Å². The van der Waals surface area contributed by atoms with Crippen LogP contribution >= 0.6 is 0 Å². The minimum absolute atomic E-state index is 0.00589. The Labute approximate surface area is 195 Å². The van der Waals surface area contributed by atoms with Crippen LogP contribution in [0.25, 0.3) is 0 Å². The van der Waals surface area contributed by atoms with Gasteiger partial charge in [-0.1, -0.05) is 42.5 Å². The molecule has 2 aromatic carbocycles. The van der Waals surface area contributed by atoms with E-state index in [1.54, 1.807) is 22.8 Å². The van der Waals surface area contributed by atoms with E-state index >= 15 is 0 Å². The van der Waals surface area contributed by atoms with Crippen molar-refractivity contribution in [3.05, 3.63) is 110 Å². The Bertz CT molecular complexity index is 1300. The number of hydrogen-bond donors (Lipinski definition) is 3. The van der Waals surface area contributed by atoms with Crippen LogP contribution in [0.1, 0.15) is 28.3 Å². The lowest BCUT2D eigenvalue weighted by Gasteiger charge is -2.29. The van der Waals surface area contributed by atoms with Crippen LogP contribution in [0.3, 0.4) is 0 Å². The van der Waals surface area contributed by atoms with Crippen molar-refractivity contribution in [2.45, 2.75) is 25.8 Å². The first-order chi connectivity index (χ1) is 16.3. The predicted molar refractivity (Wildman–Crippen MR) is 124 cm³/mol. The molecule has 0 saturated heterocycles. The maximum absolute atomic E-state index is 13.8. The number of aromatic nitrogens is 1. The third-order valence-corrected chi connectivity index (χ3v) is 5.93. The molecule has 1 aliphatic rings. The van der Waals surface area contributed by atoms with Gasteiger partial charge in [0, 0.05) is 30.4 Å². The second-order valence-electron chi connectivity index (χ2n) is 7.99. The van der Waals surface area contributed by atoms with Crippen LogP contribution in [0.2, 0.25) is 0 Å². The van der Waals surface area contributed by atoms with Crippen molar-refractivity contribution in [1.29, 1.82) is 0 Å². The molecule has 3 aromatic rings. The summed E-state index contributed by atoms with van der Waals surface area (Å²) in [5, 5.41) is 19.5. The largest absolute Gasteiger partial charge is 0.595 e. The van der Waals surface area contributed by atoms with Crippen molar-refractivity contribution in [1.82, 2.24) is 4.57 Å². The number of nitrogens with two attached hydrogens (primary N) is 1. The monoisotopic (exact) mass is 463 g/mol. The molecule has 2 heterocycles. The molecule has 4 rings (SSSR count). The second kappa shape index (κ2) is 9.52. The van der Waals surface area contributed by atoms with Gasteiger partial charge in [0.05, 0.1) is 18.6 Å². The van der Waals surface area contributed by atoms with Gasteiger partial charge in [0.2, 0.25) is 5.88 Å². The number of fused-ring (bicyclic) bond motifs is 1. The molecule has 9 nitrogen and oxygen atoms in total. The van der Waals surface area contributed by atoms with Crippen molar-refractivity contribution in [2.24, 2.45) is 5.73 Å². The zero-order valence-corrected chi connectivity index (χ0v) is 18.8. The molecule has 176 valence electrons. The average Bonchev–Trinajstić information content (AvgIpc) is 2.83. The minimum atomic E-state index is -1.08. The molecule has 0 fully saturated rings. The summed E-state index contributed by atoms with van der Waals surface area (Å²) in [7, 11) is 1.22. The molecule has 2 atom stereocenters. The smallest absolute Gasteiger partial charge is 0.340 e. The van der Waals surface area contributed by atoms with Gasteiger partial charge in [-0.25, -0.2) is 10.0 Å². The molecule has 0 bridgehead atoms. The van der Waals surface area contributed by atoms with Gasteiger partial charge in [-0.2, -0.15) is 5.23 Å². The van der Waals surface area contributed by atoms with Crippen LogP contribution in [0.4, 0.5) is 5.69 Å². The number of benzene rings is 2. The minimum Gasteiger partial charge on any atom is -0.595 e. The standard InChI is InChI=1S/C25H25N3O6/c1-15-14-19-21(24(29)27(15)13-12-16-6-4-3-5-7-16)20(22(23(26)34-19)25(30)33-2)17-8-10-18(11-9-17)28(31)32/h3-11,14,20,28,31H,12-13,26H2,1-2H3/t20-/m0/s1. The highest BCUT2D eigenvalue weighted by atomic mass is 16.8. The number of nitrogens with zero attached hydrogens (tertiary/aromatic N) is 1. The molecule has 1 aliphatic heterocycles. The fourth-order valence-corrected chi connectivity index (χ4v) is 4.21. The number of aryl methyl sites for hydroxylation is 2. The maximum atomic E-state index is 13.8. The van der Waals surface area contributed by atoms with Gasteiger partial charge in [0.15, 0.2) is 5.69 Å². The van der Waals surface area contributed by atoms with E-state index < -0.39 is 17.1 Å². The molecule has 1 aromatic heterocycles. The van der Waals surface area contributed by atoms with Gasteiger partial charge < -0.3 is 25.0 Å². The normalized spacial score (nSPS) is 15.9.